The summed E-state index contributed by atoms with van der Waals surface area (Å²) in [5, 5.41) is 2.86. The minimum atomic E-state index is -0.451. The van der Waals surface area contributed by atoms with Gasteiger partial charge in [-0.05, 0) is 40.0 Å². The fourth-order valence-electron chi connectivity index (χ4n) is 1.77. The predicted molar refractivity (Wildman–Crippen MR) is 66.9 cm³/mol. The van der Waals surface area contributed by atoms with E-state index in [2.05, 4.69) is 5.32 Å². The van der Waals surface area contributed by atoms with Crippen LogP contribution in [0.3, 0.4) is 0 Å². The standard InChI is InChI=1S/C13H23NO3/c1-13(2,3)17-12(15)14-10-6-5-7-11(16-4)9-8-10/h8-11H,5-7H2,1-4H3,(H,14,15). The van der Waals surface area contributed by atoms with Crippen molar-refractivity contribution in [2.24, 2.45) is 0 Å². The van der Waals surface area contributed by atoms with Crippen molar-refractivity contribution in [1.82, 2.24) is 5.32 Å². The molecule has 0 aromatic rings. The highest BCUT2D eigenvalue weighted by molar-refractivity contribution is 5.68. The zero-order chi connectivity index (χ0) is 12.9. The van der Waals surface area contributed by atoms with Crippen LogP contribution in [0.4, 0.5) is 4.79 Å². The van der Waals surface area contributed by atoms with Gasteiger partial charge in [-0.2, -0.15) is 0 Å². The topological polar surface area (TPSA) is 47.6 Å². The Kier molecular flexibility index (Phi) is 5.00. The molecule has 0 aliphatic heterocycles. The van der Waals surface area contributed by atoms with Crippen molar-refractivity contribution < 1.29 is 14.3 Å². The average molecular weight is 241 g/mol. The van der Waals surface area contributed by atoms with Gasteiger partial charge in [0.25, 0.3) is 0 Å². The Hall–Kier alpha value is -1.03. The van der Waals surface area contributed by atoms with Crippen molar-refractivity contribution >= 4 is 6.09 Å². The summed E-state index contributed by atoms with van der Waals surface area (Å²) in [5.41, 5.74) is -0.451. The van der Waals surface area contributed by atoms with Gasteiger partial charge in [-0.25, -0.2) is 4.79 Å². The van der Waals surface area contributed by atoms with Gasteiger partial charge in [0, 0.05) is 7.11 Å². The Morgan fingerprint density at radius 3 is 2.59 bits per heavy atom. The van der Waals surface area contributed by atoms with Crippen LogP contribution in [0.2, 0.25) is 0 Å². The van der Waals surface area contributed by atoms with Gasteiger partial charge < -0.3 is 14.8 Å². The van der Waals surface area contributed by atoms with E-state index in [0.29, 0.717) is 0 Å². The second-order valence-electron chi connectivity index (χ2n) is 5.34. The zero-order valence-corrected chi connectivity index (χ0v) is 11.2. The number of alkyl carbamates (subject to hydrolysis) is 1. The van der Waals surface area contributed by atoms with E-state index in [-0.39, 0.29) is 18.2 Å². The van der Waals surface area contributed by atoms with Crippen LogP contribution in [0, 0.1) is 0 Å². The lowest BCUT2D eigenvalue weighted by molar-refractivity contribution is 0.0512. The zero-order valence-electron chi connectivity index (χ0n) is 11.2. The van der Waals surface area contributed by atoms with E-state index in [4.69, 9.17) is 9.47 Å². The summed E-state index contributed by atoms with van der Waals surface area (Å²) in [6.07, 6.45) is 6.77. The van der Waals surface area contributed by atoms with E-state index < -0.39 is 5.60 Å². The third kappa shape index (κ3) is 5.73. The van der Waals surface area contributed by atoms with Crippen LogP contribution in [0.1, 0.15) is 40.0 Å². The van der Waals surface area contributed by atoms with Crippen molar-refractivity contribution in [3.05, 3.63) is 12.2 Å². The van der Waals surface area contributed by atoms with E-state index >= 15 is 0 Å². The molecule has 0 saturated carbocycles. The van der Waals surface area contributed by atoms with Crippen molar-refractivity contribution in [2.45, 2.75) is 57.8 Å². The number of ether oxygens (including phenoxy) is 2. The molecule has 2 atom stereocenters. The molecule has 1 N–H and O–H groups in total. The average Bonchev–Trinajstić information content (AvgIpc) is 2.40. The molecule has 1 aliphatic rings. The Labute approximate surface area is 103 Å². The summed E-state index contributed by atoms with van der Waals surface area (Å²) in [5.74, 6) is 0. The van der Waals surface area contributed by atoms with Gasteiger partial charge in [-0.15, -0.1) is 0 Å². The largest absolute Gasteiger partial charge is 0.444 e. The fourth-order valence-corrected chi connectivity index (χ4v) is 1.77. The van der Waals surface area contributed by atoms with Gasteiger partial charge in [0.05, 0.1) is 12.1 Å². The highest BCUT2D eigenvalue weighted by Gasteiger charge is 2.19. The molecule has 17 heavy (non-hydrogen) atoms. The molecule has 1 rings (SSSR count). The molecule has 0 spiro atoms. The first-order chi connectivity index (χ1) is 7.90. The van der Waals surface area contributed by atoms with Crippen molar-refractivity contribution in [1.29, 1.82) is 0 Å². The number of amides is 1. The normalized spacial score (nSPS) is 25.2. The van der Waals surface area contributed by atoms with Gasteiger partial charge >= 0.3 is 6.09 Å². The molecule has 0 heterocycles. The molecular weight excluding hydrogens is 218 g/mol. The van der Waals surface area contributed by atoms with Crippen molar-refractivity contribution in [3.63, 3.8) is 0 Å². The first-order valence-electron chi connectivity index (χ1n) is 6.11. The third-order valence-corrected chi connectivity index (χ3v) is 2.57. The Balaban J connectivity index is 2.43. The van der Waals surface area contributed by atoms with Crippen LogP contribution in [0.5, 0.6) is 0 Å². The van der Waals surface area contributed by atoms with Crippen molar-refractivity contribution in [2.75, 3.05) is 7.11 Å². The minimum absolute atomic E-state index is 0.0463. The first kappa shape index (κ1) is 14.0. The summed E-state index contributed by atoms with van der Waals surface area (Å²) < 4.78 is 10.5. The van der Waals surface area contributed by atoms with E-state index in [9.17, 15) is 4.79 Å². The second kappa shape index (κ2) is 6.05. The number of rotatable bonds is 2. The maximum absolute atomic E-state index is 11.6. The molecule has 98 valence electrons. The molecule has 4 nitrogen and oxygen atoms in total. The lowest BCUT2D eigenvalue weighted by Crippen LogP contribution is -2.38. The number of nitrogens with one attached hydrogen (secondary N) is 1. The maximum Gasteiger partial charge on any atom is 0.408 e. The van der Waals surface area contributed by atoms with Crippen LogP contribution < -0.4 is 5.32 Å². The Morgan fingerprint density at radius 1 is 1.29 bits per heavy atom. The fraction of sp³-hybridized carbons (Fsp3) is 0.769. The quantitative estimate of drug-likeness (QED) is 0.756. The van der Waals surface area contributed by atoms with Gasteiger partial charge in [0.1, 0.15) is 5.60 Å². The molecule has 4 heteroatoms. The molecule has 1 aliphatic carbocycles. The van der Waals surface area contributed by atoms with Crippen LogP contribution in [-0.2, 0) is 9.47 Å². The monoisotopic (exact) mass is 241 g/mol. The van der Waals surface area contributed by atoms with Crippen LogP contribution in [0.15, 0.2) is 12.2 Å². The lowest BCUT2D eigenvalue weighted by Gasteiger charge is -2.21. The molecule has 0 aromatic heterocycles. The molecule has 2 unspecified atom stereocenters. The molecule has 0 radical (unpaired) electrons. The number of carbonyl (C=O) groups is 1. The predicted octanol–water partition coefficient (Wildman–Crippen LogP) is 2.63. The summed E-state index contributed by atoms with van der Waals surface area (Å²) >= 11 is 0. The van der Waals surface area contributed by atoms with Crippen LogP contribution in [-0.4, -0.2) is 30.9 Å². The highest BCUT2D eigenvalue weighted by atomic mass is 16.6. The molecule has 1 amide bonds. The van der Waals surface area contributed by atoms with Gasteiger partial charge in [0.15, 0.2) is 0 Å². The summed E-state index contributed by atoms with van der Waals surface area (Å²) in [6, 6.07) is 0.0463. The summed E-state index contributed by atoms with van der Waals surface area (Å²) in [4.78, 5) is 11.6. The van der Waals surface area contributed by atoms with E-state index in [0.717, 1.165) is 19.3 Å². The van der Waals surface area contributed by atoms with Crippen LogP contribution in [0.25, 0.3) is 0 Å². The molecule has 0 saturated heterocycles. The van der Waals surface area contributed by atoms with E-state index in [1.807, 2.05) is 32.9 Å². The summed E-state index contributed by atoms with van der Waals surface area (Å²) in [7, 11) is 1.70. The number of hydrogen-bond donors (Lipinski definition) is 1. The lowest BCUT2D eigenvalue weighted by atomic mass is 10.1. The first-order valence-corrected chi connectivity index (χ1v) is 6.11. The minimum Gasteiger partial charge on any atom is -0.444 e. The Morgan fingerprint density at radius 2 is 2.00 bits per heavy atom. The number of carbonyl (C=O) groups excluding carboxylic acids is 1. The summed E-state index contributed by atoms with van der Waals surface area (Å²) in [6.45, 7) is 5.57. The molecular formula is C13H23NO3. The molecule has 0 aromatic carbocycles. The van der Waals surface area contributed by atoms with E-state index in [1.165, 1.54) is 0 Å². The highest BCUT2D eigenvalue weighted by Crippen LogP contribution is 2.15. The van der Waals surface area contributed by atoms with E-state index in [1.54, 1.807) is 7.11 Å². The SMILES string of the molecule is COC1C=CC(NC(=O)OC(C)(C)C)CCC1. The van der Waals surface area contributed by atoms with Gasteiger partial charge in [0.2, 0.25) is 0 Å². The third-order valence-electron chi connectivity index (χ3n) is 2.57. The van der Waals surface area contributed by atoms with Crippen LogP contribution >= 0.6 is 0 Å². The van der Waals surface area contributed by atoms with Gasteiger partial charge in [-0.3, -0.25) is 0 Å². The number of hydrogen-bond acceptors (Lipinski definition) is 3. The van der Waals surface area contributed by atoms with Gasteiger partial charge in [-0.1, -0.05) is 12.2 Å². The maximum atomic E-state index is 11.6. The number of methoxy groups -OCH3 is 1. The smallest absolute Gasteiger partial charge is 0.408 e. The van der Waals surface area contributed by atoms with Crippen molar-refractivity contribution in [3.8, 4) is 0 Å². The second-order valence-corrected chi connectivity index (χ2v) is 5.34. The molecule has 0 bridgehead atoms. The Bertz CT molecular complexity index is 281. The molecule has 0 fully saturated rings.